The summed E-state index contributed by atoms with van der Waals surface area (Å²) < 4.78 is 2.09. The van der Waals surface area contributed by atoms with Gasteiger partial charge in [-0.15, -0.1) is 0 Å². The van der Waals surface area contributed by atoms with Gasteiger partial charge in [-0.25, -0.2) is 15.0 Å². The van der Waals surface area contributed by atoms with Gasteiger partial charge in [-0.3, -0.25) is 4.98 Å². The van der Waals surface area contributed by atoms with Crippen LogP contribution in [0, 0.1) is 6.92 Å². The van der Waals surface area contributed by atoms with Crippen LogP contribution in [0.2, 0.25) is 0 Å². The summed E-state index contributed by atoms with van der Waals surface area (Å²) in [6.45, 7) is 4.77. The highest BCUT2D eigenvalue weighted by atomic mass is 15.1. The Morgan fingerprint density at radius 1 is 1.00 bits per heavy atom. The third-order valence-electron chi connectivity index (χ3n) is 4.28. The summed E-state index contributed by atoms with van der Waals surface area (Å²) in [5.74, 6) is 1.51. The number of aromatic nitrogens is 5. The molecule has 0 atom stereocenters. The standard InChI is InChI=1S/C20H20N6/c1-3-16-11-18(25-20(24-16)15-7-9-21-10-8-15)22-12-17-13-26-14(2)5-4-6-19(26)23-17/h4-11,13H,3,12H2,1-2H3,(H,22,24,25). The maximum absolute atomic E-state index is 4.66. The molecule has 0 aliphatic heterocycles. The number of nitrogens with one attached hydrogen (secondary N) is 1. The molecule has 6 nitrogen and oxygen atoms in total. The van der Waals surface area contributed by atoms with Crippen LogP contribution in [0.15, 0.2) is 55.0 Å². The van der Waals surface area contributed by atoms with Gasteiger partial charge in [0.2, 0.25) is 0 Å². The van der Waals surface area contributed by atoms with Gasteiger partial charge < -0.3 is 9.72 Å². The Morgan fingerprint density at radius 2 is 1.85 bits per heavy atom. The van der Waals surface area contributed by atoms with Crippen LogP contribution in [0.5, 0.6) is 0 Å². The summed E-state index contributed by atoms with van der Waals surface area (Å²) in [6, 6.07) is 11.9. The number of nitrogens with zero attached hydrogens (tertiary/aromatic N) is 5. The predicted octanol–water partition coefficient (Wildman–Crippen LogP) is 3.67. The molecule has 0 saturated carbocycles. The lowest BCUT2D eigenvalue weighted by atomic mass is 10.2. The van der Waals surface area contributed by atoms with Crippen molar-refractivity contribution < 1.29 is 0 Å². The van der Waals surface area contributed by atoms with E-state index >= 15 is 0 Å². The topological polar surface area (TPSA) is 68.0 Å². The fourth-order valence-corrected chi connectivity index (χ4v) is 2.86. The molecule has 0 aliphatic carbocycles. The minimum atomic E-state index is 0.608. The van der Waals surface area contributed by atoms with Gasteiger partial charge in [-0.2, -0.15) is 0 Å². The maximum atomic E-state index is 4.66. The highest BCUT2D eigenvalue weighted by Gasteiger charge is 2.08. The van der Waals surface area contributed by atoms with Gasteiger partial charge in [0.15, 0.2) is 5.82 Å². The van der Waals surface area contributed by atoms with Crippen LogP contribution in [0.3, 0.4) is 0 Å². The molecule has 26 heavy (non-hydrogen) atoms. The zero-order chi connectivity index (χ0) is 17.9. The smallest absolute Gasteiger partial charge is 0.161 e. The Balaban J connectivity index is 1.60. The molecule has 0 amide bonds. The van der Waals surface area contributed by atoms with Crippen molar-refractivity contribution in [2.75, 3.05) is 5.32 Å². The lowest BCUT2D eigenvalue weighted by molar-refractivity contribution is 0.985. The van der Waals surface area contributed by atoms with Gasteiger partial charge >= 0.3 is 0 Å². The van der Waals surface area contributed by atoms with Gasteiger partial charge in [-0.05, 0) is 37.6 Å². The Kier molecular flexibility index (Phi) is 4.31. The first-order valence-corrected chi connectivity index (χ1v) is 8.69. The second-order valence-electron chi connectivity index (χ2n) is 6.14. The van der Waals surface area contributed by atoms with Gasteiger partial charge in [0.05, 0.1) is 12.2 Å². The molecule has 6 heteroatoms. The molecule has 0 unspecified atom stereocenters. The van der Waals surface area contributed by atoms with Gasteiger partial charge in [0.1, 0.15) is 11.5 Å². The number of hydrogen-bond acceptors (Lipinski definition) is 5. The van der Waals surface area contributed by atoms with Gasteiger partial charge in [0, 0.05) is 41.6 Å². The summed E-state index contributed by atoms with van der Waals surface area (Å²) in [7, 11) is 0. The zero-order valence-electron chi connectivity index (χ0n) is 14.8. The first-order chi connectivity index (χ1) is 12.7. The van der Waals surface area contributed by atoms with Crippen LogP contribution >= 0.6 is 0 Å². The lowest BCUT2D eigenvalue weighted by Gasteiger charge is -2.08. The van der Waals surface area contributed by atoms with E-state index in [1.807, 2.05) is 30.3 Å². The van der Waals surface area contributed by atoms with E-state index in [-0.39, 0.29) is 0 Å². The van der Waals surface area contributed by atoms with Gasteiger partial charge in [-0.1, -0.05) is 13.0 Å². The largest absolute Gasteiger partial charge is 0.364 e. The van der Waals surface area contributed by atoms with Crippen LogP contribution in [0.1, 0.15) is 24.0 Å². The van der Waals surface area contributed by atoms with E-state index in [1.165, 1.54) is 0 Å². The fourth-order valence-electron chi connectivity index (χ4n) is 2.86. The van der Waals surface area contributed by atoms with Crippen molar-refractivity contribution in [1.82, 2.24) is 24.3 Å². The van der Waals surface area contributed by atoms with E-state index in [0.717, 1.165) is 40.5 Å². The van der Waals surface area contributed by atoms with Crippen LogP contribution in [-0.4, -0.2) is 24.3 Å². The second-order valence-corrected chi connectivity index (χ2v) is 6.14. The summed E-state index contributed by atoms with van der Waals surface area (Å²) in [5, 5.41) is 3.38. The zero-order valence-corrected chi connectivity index (χ0v) is 14.8. The molecule has 0 aliphatic rings. The van der Waals surface area contributed by atoms with E-state index in [0.29, 0.717) is 12.4 Å². The third-order valence-corrected chi connectivity index (χ3v) is 4.28. The van der Waals surface area contributed by atoms with Crippen molar-refractivity contribution in [1.29, 1.82) is 0 Å². The molecule has 4 rings (SSSR count). The average molecular weight is 344 g/mol. The molecule has 130 valence electrons. The summed E-state index contributed by atoms with van der Waals surface area (Å²) in [6.07, 6.45) is 6.42. The molecule has 1 N–H and O–H groups in total. The van der Waals surface area contributed by atoms with E-state index in [1.54, 1.807) is 12.4 Å². The molecule has 0 fully saturated rings. The highest BCUT2D eigenvalue weighted by molar-refractivity contribution is 5.57. The SMILES string of the molecule is CCc1cc(NCc2cn3c(C)cccc3n2)nc(-c2ccncc2)n1. The first kappa shape index (κ1) is 16.2. The minimum absolute atomic E-state index is 0.608. The number of pyridine rings is 2. The number of aryl methyl sites for hydroxylation is 2. The number of imidazole rings is 1. The molecule has 0 saturated heterocycles. The Labute approximate surface area is 152 Å². The number of fused-ring (bicyclic) bond motifs is 1. The maximum Gasteiger partial charge on any atom is 0.161 e. The van der Waals surface area contributed by atoms with E-state index in [4.69, 9.17) is 0 Å². The molecule has 0 radical (unpaired) electrons. The summed E-state index contributed by atoms with van der Waals surface area (Å²) in [5.41, 5.74) is 5.05. The lowest BCUT2D eigenvalue weighted by Crippen LogP contribution is -2.05. The van der Waals surface area contributed by atoms with Crippen molar-refractivity contribution in [3.05, 3.63) is 72.1 Å². The van der Waals surface area contributed by atoms with Crippen molar-refractivity contribution in [2.24, 2.45) is 0 Å². The van der Waals surface area contributed by atoms with Gasteiger partial charge in [0.25, 0.3) is 0 Å². The summed E-state index contributed by atoms with van der Waals surface area (Å²) >= 11 is 0. The minimum Gasteiger partial charge on any atom is -0.364 e. The Morgan fingerprint density at radius 3 is 2.62 bits per heavy atom. The molecule has 4 aromatic heterocycles. The van der Waals surface area contributed by atoms with Crippen LogP contribution in [0.4, 0.5) is 5.82 Å². The molecule has 0 aromatic carbocycles. The monoisotopic (exact) mass is 344 g/mol. The van der Waals surface area contributed by atoms with Crippen molar-refractivity contribution in [3.8, 4) is 11.4 Å². The van der Waals surface area contributed by atoms with Crippen LogP contribution < -0.4 is 5.32 Å². The molecule has 0 bridgehead atoms. The van der Waals surface area contributed by atoms with Crippen molar-refractivity contribution >= 4 is 11.5 Å². The van der Waals surface area contributed by atoms with Crippen molar-refractivity contribution in [2.45, 2.75) is 26.8 Å². The van der Waals surface area contributed by atoms with Crippen molar-refractivity contribution in [3.63, 3.8) is 0 Å². The molecule has 0 spiro atoms. The first-order valence-electron chi connectivity index (χ1n) is 8.69. The molecule has 4 heterocycles. The quantitative estimate of drug-likeness (QED) is 0.598. The number of rotatable bonds is 5. The predicted molar refractivity (Wildman–Crippen MR) is 102 cm³/mol. The van der Waals surface area contributed by atoms with E-state index in [9.17, 15) is 0 Å². The molecular weight excluding hydrogens is 324 g/mol. The highest BCUT2D eigenvalue weighted by Crippen LogP contribution is 2.18. The Hall–Kier alpha value is -3.28. The van der Waals surface area contributed by atoms with Crippen LogP contribution in [0.25, 0.3) is 17.0 Å². The average Bonchev–Trinajstić information content (AvgIpc) is 3.11. The van der Waals surface area contributed by atoms with Crippen LogP contribution in [-0.2, 0) is 13.0 Å². The molecular formula is C20H20N6. The second kappa shape index (κ2) is 6.92. The summed E-state index contributed by atoms with van der Waals surface area (Å²) in [4.78, 5) is 18.0. The third kappa shape index (κ3) is 3.26. The normalized spacial score (nSPS) is 11.0. The van der Waals surface area contributed by atoms with E-state index in [2.05, 4.69) is 55.8 Å². The molecule has 4 aromatic rings. The van der Waals surface area contributed by atoms with E-state index < -0.39 is 0 Å². The Bertz CT molecular complexity index is 1040. The fraction of sp³-hybridized carbons (Fsp3) is 0.200. The number of hydrogen-bond donors (Lipinski definition) is 1. The number of anilines is 1.